The van der Waals surface area contributed by atoms with Crippen LogP contribution in [-0.2, 0) is 29.7 Å². The minimum absolute atomic E-state index is 0. The zero-order valence-corrected chi connectivity index (χ0v) is 25.8. The summed E-state index contributed by atoms with van der Waals surface area (Å²) < 4.78 is 38.5. The monoisotopic (exact) mass is 676 g/mol. The van der Waals surface area contributed by atoms with E-state index in [0.29, 0.717) is 41.3 Å². The maximum absolute atomic E-state index is 13.3. The molecule has 0 saturated carbocycles. The van der Waals surface area contributed by atoms with Crippen molar-refractivity contribution >= 4 is 21.6 Å². The number of methoxy groups -OCH3 is 1. The van der Waals surface area contributed by atoms with Gasteiger partial charge >= 0.3 is 0 Å². The predicted octanol–water partition coefficient (Wildman–Crippen LogP) is 1.09. The van der Waals surface area contributed by atoms with E-state index in [4.69, 9.17) is 9.15 Å². The lowest BCUT2D eigenvalue weighted by Gasteiger charge is -2.19. The molecule has 0 unspecified atom stereocenters. The second kappa shape index (κ2) is 13.8. The van der Waals surface area contributed by atoms with Gasteiger partial charge in [0.2, 0.25) is 10.0 Å². The number of carbonyl (C=O) groups is 1. The van der Waals surface area contributed by atoms with E-state index >= 15 is 0 Å². The molecule has 0 spiro atoms. The van der Waals surface area contributed by atoms with Crippen LogP contribution in [-0.4, -0.2) is 32.8 Å². The van der Waals surface area contributed by atoms with E-state index < -0.39 is 10.0 Å². The summed E-state index contributed by atoms with van der Waals surface area (Å²) in [4.78, 5) is 16.1. The normalized spacial score (nSPS) is 11.1. The van der Waals surface area contributed by atoms with Crippen LogP contribution < -0.4 is 44.3 Å². The molecule has 0 atom stereocenters. The van der Waals surface area contributed by atoms with Crippen molar-refractivity contribution in [1.29, 1.82) is 0 Å². The minimum atomic E-state index is -3.79. The average molecular weight is 677 g/mol. The lowest BCUT2D eigenvalue weighted by molar-refractivity contribution is -0.389. The maximum Gasteiger partial charge on any atom is 0.254 e. The summed E-state index contributed by atoms with van der Waals surface area (Å²) in [5, 5.41) is 6.22. The summed E-state index contributed by atoms with van der Waals surface area (Å²) in [7, 11) is -0.769. The quantitative estimate of drug-likeness (QED) is 0.230. The van der Waals surface area contributed by atoms with Gasteiger partial charge in [-0.15, -0.1) is 0 Å². The third-order valence-electron chi connectivity index (χ3n) is 6.30. The fourth-order valence-electron chi connectivity index (χ4n) is 4.24. The number of aromatic nitrogens is 1. The molecule has 0 aliphatic heterocycles. The standard InChI is InChI=1S/C29H32N4O5S.HI/c1-20-13-26(37-4)14-21(2)28(20)39(35,36)33(3)18-27-15-23(19-38-27)29(34)32-16-22-8-10-24(11-9-22)31-17-25-7-5-6-12-30-25;/h5-15,19,31H,16-18H2,1-4H3,(H,32,34);1H. The molecule has 0 aliphatic rings. The van der Waals surface area contributed by atoms with Crippen LogP contribution in [0, 0.1) is 13.8 Å². The van der Waals surface area contributed by atoms with Crippen LogP contribution in [0.5, 0.6) is 5.75 Å². The van der Waals surface area contributed by atoms with E-state index in [0.717, 1.165) is 16.9 Å². The van der Waals surface area contributed by atoms with Gasteiger partial charge in [-0.05, 0) is 60.9 Å². The highest BCUT2D eigenvalue weighted by Gasteiger charge is 2.26. The number of sulfonamides is 1. The van der Waals surface area contributed by atoms with Gasteiger partial charge in [0.1, 0.15) is 24.3 Å². The second-order valence-electron chi connectivity index (χ2n) is 9.27. The van der Waals surface area contributed by atoms with Gasteiger partial charge in [0, 0.05) is 31.4 Å². The Morgan fingerprint density at radius 3 is 2.35 bits per heavy atom. The first-order valence-corrected chi connectivity index (χ1v) is 13.9. The van der Waals surface area contributed by atoms with E-state index in [-0.39, 0.29) is 41.3 Å². The van der Waals surface area contributed by atoms with Gasteiger partial charge in [-0.25, -0.2) is 13.4 Å². The number of H-pyrrole nitrogens is 1. The first-order valence-electron chi connectivity index (χ1n) is 12.4. The Morgan fingerprint density at radius 2 is 1.73 bits per heavy atom. The summed E-state index contributed by atoms with van der Waals surface area (Å²) >= 11 is 0. The Bertz CT molecular complexity index is 1520. The first kappa shape index (κ1) is 31.1. The molecule has 2 aromatic heterocycles. The van der Waals surface area contributed by atoms with Crippen LogP contribution >= 0.6 is 0 Å². The molecule has 0 saturated heterocycles. The van der Waals surface area contributed by atoms with E-state index in [1.807, 2.05) is 48.7 Å². The lowest BCUT2D eigenvalue weighted by Crippen LogP contribution is -3.00. The number of benzene rings is 2. The molecule has 4 aromatic rings. The summed E-state index contributed by atoms with van der Waals surface area (Å²) in [6.07, 6.45) is 3.22. The molecule has 212 valence electrons. The topological polar surface area (TPSA) is 115 Å². The van der Waals surface area contributed by atoms with Gasteiger partial charge in [0.15, 0.2) is 11.9 Å². The zero-order chi connectivity index (χ0) is 28.0. The highest BCUT2D eigenvalue weighted by atomic mass is 127. The van der Waals surface area contributed by atoms with E-state index in [9.17, 15) is 13.2 Å². The van der Waals surface area contributed by atoms with Gasteiger partial charge in [0.05, 0.1) is 24.1 Å². The molecule has 40 heavy (non-hydrogen) atoms. The van der Waals surface area contributed by atoms with Crippen molar-refractivity contribution in [2.75, 3.05) is 19.5 Å². The van der Waals surface area contributed by atoms with Crippen LogP contribution in [0.4, 0.5) is 5.69 Å². The van der Waals surface area contributed by atoms with Crippen molar-refractivity contribution in [3.05, 3.63) is 107 Å². The van der Waals surface area contributed by atoms with Crippen LogP contribution in [0.15, 0.2) is 82.4 Å². The number of rotatable bonds is 11. The van der Waals surface area contributed by atoms with Crippen molar-refractivity contribution in [2.24, 2.45) is 0 Å². The Hall–Kier alpha value is -3.42. The summed E-state index contributed by atoms with van der Waals surface area (Å²) in [6, 6.07) is 18.7. The Labute approximate surface area is 252 Å². The number of hydrogen-bond donors (Lipinski definition) is 2. The molecule has 0 aliphatic carbocycles. The summed E-state index contributed by atoms with van der Waals surface area (Å²) in [5.74, 6) is 0.656. The van der Waals surface area contributed by atoms with Gasteiger partial charge in [-0.1, -0.05) is 18.2 Å². The number of pyridine rings is 1. The molecular formula is C29H33IN4O5S. The average Bonchev–Trinajstić information content (AvgIpc) is 3.39. The van der Waals surface area contributed by atoms with E-state index in [1.165, 1.54) is 17.6 Å². The van der Waals surface area contributed by atoms with Crippen LogP contribution in [0.25, 0.3) is 0 Å². The molecule has 0 bridgehead atoms. The van der Waals surface area contributed by atoms with Crippen molar-refractivity contribution in [2.45, 2.75) is 38.4 Å². The van der Waals surface area contributed by atoms with Crippen molar-refractivity contribution < 1.29 is 51.3 Å². The number of nitrogens with one attached hydrogen (secondary N) is 3. The Balaban J connectivity index is 0.00000441. The zero-order valence-electron chi connectivity index (χ0n) is 22.8. The molecule has 2 aromatic carbocycles. The molecule has 0 radical (unpaired) electrons. The largest absolute Gasteiger partial charge is 1.00 e. The van der Waals surface area contributed by atoms with Crippen LogP contribution in [0.3, 0.4) is 0 Å². The molecule has 4 rings (SSSR count). The smallest absolute Gasteiger partial charge is 0.254 e. The number of anilines is 1. The lowest BCUT2D eigenvalue weighted by atomic mass is 10.1. The number of aromatic amines is 1. The molecule has 1 amide bonds. The molecule has 3 N–H and O–H groups in total. The van der Waals surface area contributed by atoms with Crippen LogP contribution in [0.2, 0.25) is 0 Å². The molecule has 11 heteroatoms. The van der Waals surface area contributed by atoms with Gasteiger partial charge in [-0.3, -0.25) is 4.79 Å². The Morgan fingerprint density at radius 1 is 1.02 bits per heavy atom. The number of nitrogens with zero attached hydrogens (tertiary/aromatic N) is 1. The highest BCUT2D eigenvalue weighted by Crippen LogP contribution is 2.28. The predicted molar refractivity (Wildman–Crippen MR) is 148 cm³/mol. The number of amides is 1. The number of halogens is 1. The molecular weight excluding hydrogens is 643 g/mol. The molecule has 2 heterocycles. The number of ether oxygens (including phenoxy) is 1. The molecule has 9 nitrogen and oxygen atoms in total. The van der Waals surface area contributed by atoms with Crippen molar-refractivity contribution in [1.82, 2.24) is 9.62 Å². The van der Waals surface area contributed by atoms with Crippen molar-refractivity contribution in [3.63, 3.8) is 0 Å². The minimum Gasteiger partial charge on any atom is -1.00 e. The summed E-state index contributed by atoms with van der Waals surface area (Å²) in [5.41, 5.74) is 4.50. The Kier molecular flexibility index (Phi) is 10.7. The first-order chi connectivity index (χ1) is 18.7. The van der Waals surface area contributed by atoms with E-state index in [1.54, 1.807) is 39.2 Å². The summed E-state index contributed by atoms with van der Waals surface area (Å²) in [6.45, 7) is 4.47. The maximum atomic E-state index is 13.3. The SMILES string of the molecule is COc1cc(C)c(S(=O)(=O)N(C)Cc2cc(C(=O)NCc3ccc(NCc4cccc[nH+]4)cc3)co2)c(C)c1.[I-]. The van der Waals surface area contributed by atoms with Gasteiger partial charge in [-0.2, -0.15) is 4.31 Å². The fourth-order valence-corrected chi connectivity index (χ4v) is 5.78. The fraction of sp³-hybridized carbons (Fsp3) is 0.241. The second-order valence-corrected chi connectivity index (χ2v) is 11.3. The van der Waals surface area contributed by atoms with Crippen LogP contribution in [0.1, 0.15) is 38.5 Å². The number of hydrogen-bond acceptors (Lipinski definition) is 6. The third-order valence-corrected chi connectivity index (χ3v) is 8.41. The van der Waals surface area contributed by atoms with E-state index in [2.05, 4.69) is 15.6 Å². The highest BCUT2D eigenvalue weighted by molar-refractivity contribution is 7.89. The van der Waals surface area contributed by atoms with Crippen molar-refractivity contribution in [3.8, 4) is 5.75 Å². The number of aryl methyl sites for hydroxylation is 2. The van der Waals surface area contributed by atoms with Gasteiger partial charge in [0.25, 0.3) is 5.91 Å². The third kappa shape index (κ3) is 7.61. The molecule has 0 fully saturated rings. The van der Waals surface area contributed by atoms with Gasteiger partial charge < -0.3 is 43.8 Å². The number of carbonyl (C=O) groups excluding carboxylic acids is 1. The number of furan rings is 1.